The van der Waals surface area contributed by atoms with Crippen LogP contribution in [-0.2, 0) is 4.74 Å². The standard InChI is InChI=1S/C11H15NO3S/c1-7(2)6-15-11(13)8-3-4-10(16)9(5-8)12-14/h3-5,7,12,14,16H,6H2,1-2H3. The van der Waals surface area contributed by atoms with Crippen molar-refractivity contribution in [3.05, 3.63) is 23.8 Å². The van der Waals surface area contributed by atoms with E-state index in [1.54, 1.807) is 12.1 Å². The molecule has 0 heterocycles. The second-order valence-electron chi connectivity index (χ2n) is 3.84. The predicted molar refractivity (Wildman–Crippen MR) is 64.2 cm³/mol. The third kappa shape index (κ3) is 3.43. The van der Waals surface area contributed by atoms with Crippen LogP contribution in [0.15, 0.2) is 23.1 Å². The van der Waals surface area contributed by atoms with E-state index in [2.05, 4.69) is 12.6 Å². The smallest absolute Gasteiger partial charge is 0.338 e. The first-order valence-electron chi connectivity index (χ1n) is 4.95. The molecule has 0 radical (unpaired) electrons. The van der Waals surface area contributed by atoms with Crippen LogP contribution in [0.25, 0.3) is 0 Å². The van der Waals surface area contributed by atoms with Crippen molar-refractivity contribution in [3.8, 4) is 0 Å². The zero-order valence-electron chi connectivity index (χ0n) is 9.23. The van der Waals surface area contributed by atoms with Crippen LogP contribution in [0.4, 0.5) is 5.69 Å². The number of benzene rings is 1. The molecule has 0 atom stereocenters. The van der Waals surface area contributed by atoms with Crippen molar-refractivity contribution in [2.75, 3.05) is 12.1 Å². The molecule has 16 heavy (non-hydrogen) atoms. The van der Waals surface area contributed by atoms with Crippen LogP contribution in [0, 0.1) is 5.92 Å². The molecule has 0 spiro atoms. The minimum Gasteiger partial charge on any atom is -0.462 e. The lowest BCUT2D eigenvalue weighted by atomic mass is 10.2. The highest BCUT2D eigenvalue weighted by atomic mass is 32.1. The molecule has 0 aliphatic carbocycles. The third-order valence-electron chi connectivity index (χ3n) is 1.90. The molecule has 2 N–H and O–H groups in total. The summed E-state index contributed by atoms with van der Waals surface area (Å²) >= 11 is 4.10. The average molecular weight is 241 g/mol. The maximum Gasteiger partial charge on any atom is 0.338 e. The van der Waals surface area contributed by atoms with E-state index < -0.39 is 5.97 Å². The Morgan fingerprint density at radius 2 is 2.25 bits per heavy atom. The lowest BCUT2D eigenvalue weighted by Gasteiger charge is -2.09. The quantitative estimate of drug-likeness (QED) is 0.431. The molecule has 0 aliphatic rings. The van der Waals surface area contributed by atoms with E-state index in [4.69, 9.17) is 9.94 Å². The maximum atomic E-state index is 11.6. The number of ether oxygens (including phenoxy) is 1. The van der Waals surface area contributed by atoms with Gasteiger partial charge in [0, 0.05) is 4.90 Å². The number of esters is 1. The fourth-order valence-corrected chi connectivity index (χ4v) is 1.27. The summed E-state index contributed by atoms with van der Waals surface area (Å²) < 4.78 is 5.06. The minimum atomic E-state index is -0.404. The number of carbonyl (C=O) groups is 1. The topological polar surface area (TPSA) is 58.6 Å². The Hall–Kier alpha value is -1.20. The molecule has 0 aliphatic heterocycles. The van der Waals surface area contributed by atoms with Gasteiger partial charge in [-0.05, 0) is 24.1 Å². The molecule has 0 fully saturated rings. The van der Waals surface area contributed by atoms with Crippen LogP contribution in [0.3, 0.4) is 0 Å². The van der Waals surface area contributed by atoms with E-state index >= 15 is 0 Å². The SMILES string of the molecule is CC(C)COC(=O)c1ccc(S)c(NO)c1. The molecule has 0 saturated carbocycles. The van der Waals surface area contributed by atoms with E-state index in [1.807, 2.05) is 19.3 Å². The molecule has 5 heteroatoms. The van der Waals surface area contributed by atoms with E-state index in [-0.39, 0.29) is 0 Å². The van der Waals surface area contributed by atoms with Crippen molar-refractivity contribution in [2.45, 2.75) is 18.7 Å². The molecular formula is C11H15NO3S. The van der Waals surface area contributed by atoms with Gasteiger partial charge in [0.1, 0.15) is 0 Å². The summed E-state index contributed by atoms with van der Waals surface area (Å²) in [4.78, 5) is 12.1. The fraction of sp³-hybridized carbons (Fsp3) is 0.364. The van der Waals surface area contributed by atoms with Gasteiger partial charge in [0.15, 0.2) is 0 Å². The summed E-state index contributed by atoms with van der Waals surface area (Å²) in [6.45, 7) is 4.30. The second-order valence-corrected chi connectivity index (χ2v) is 4.32. The minimum absolute atomic E-state index is 0.295. The summed E-state index contributed by atoms with van der Waals surface area (Å²) in [7, 11) is 0. The van der Waals surface area contributed by atoms with E-state index in [0.717, 1.165) is 0 Å². The van der Waals surface area contributed by atoms with Gasteiger partial charge in [-0.1, -0.05) is 13.8 Å². The van der Waals surface area contributed by atoms with Gasteiger partial charge < -0.3 is 4.74 Å². The van der Waals surface area contributed by atoms with Gasteiger partial charge in [0.2, 0.25) is 0 Å². The van der Waals surface area contributed by atoms with Gasteiger partial charge in [-0.2, -0.15) is 0 Å². The molecule has 0 unspecified atom stereocenters. The maximum absolute atomic E-state index is 11.6. The van der Waals surface area contributed by atoms with Crippen molar-refractivity contribution < 1.29 is 14.7 Å². The molecule has 0 saturated heterocycles. The molecule has 1 aromatic rings. The zero-order chi connectivity index (χ0) is 12.1. The lowest BCUT2D eigenvalue weighted by molar-refractivity contribution is 0.0459. The molecule has 0 bridgehead atoms. The van der Waals surface area contributed by atoms with Gasteiger partial charge in [0.05, 0.1) is 17.9 Å². The number of hydrogen-bond donors (Lipinski definition) is 3. The molecule has 4 nitrogen and oxygen atoms in total. The van der Waals surface area contributed by atoms with E-state index in [1.165, 1.54) is 6.07 Å². The molecule has 88 valence electrons. The number of hydrogen-bond acceptors (Lipinski definition) is 5. The van der Waals surface area contributed by atoms with Crippen molar-refractivity contribution in [2.24, 2.45) is 5.92 Å². The van der Waals surface area contributed by atoms with Crippen LogP contribution in [0.5, 0.6) is 0 Å². The highest BCUT2D eigenvalue weighted by molar-refractivity contribution is 7.80. The highest BCUT2D eigenvalue weighted by Crippen LogP contribution is 2.21. The summed E-state index contributed by atoms with van der Waals surface area (Å²) in [6, 6.07) is 4.71. The average Bonchev–Trinajstić information content (AvgIpc) is 2.26. The Labute approximate surface area is 100.0 Å². The third-order valence-corrected chi connectivity index (χ3v) is 2.29. The summed E-state index contributed by atoms with van der Waals surface area (Å²) in [5.74, 6) is -0.109. The van der Waals surface area contributed by atoms with Crippen LogP contribution in [0.1, 0.15) is 24.2 Å². The van der Waals surface area contributed by atoms with E-state index in [0.29, 0.717) is 28.7 Å². The number of anilines is 1. The summed E-state index contributed by atoms with van der Waals surface area (Å²) in [5.41, 5.74) is 2.73. The van der Waals surface area contributed by atoms with Crippen molar-refractivity contribution in [1.29, 1.82) is 0 Å². The Morgan fingerprint density at radius 1 is 1.56 bits per heavy atom. The second kappa shape index (κ2) is 5.77. The monoisotopic (exact) mass is 241 g/mol. The molecule has 0 aromatic heterocycles. The highest BCUT2D eigenvalue weighted by Gasteiger charge is 2.10. The number of nitrogens with one attached hydrogen (secondary N) is 1. The molecular weight excluding hydrogens is 226 g/mol. The van der Waals surface area contributed by atoms with E-state index in [9.17, 15) is 4.79 Å². The zero-order valence-corrected chi connectivity index (χ0v) is 10.1. The normalized spacial score (nSPS) is 10.3. The number of thiol groups is 1. The number of carbonyl (C=O) groups excluding carboxylic acids is 1. The van der Waals surface area contributed by atoms with Crippen molar-refractivity contribution in [3.63, 3.8) is 0 Å². The predicted octanol–water partition coefficient (Wildman–Crippen LogP) is 2.59. The van der Waals surface area contributed by atoms with Crippen LogP contribution < -0.4 is 5.48 Å². The van der Waals surface area contributed by atoms with Gasteiger partial charge >= 0.3 is 5.97 Å². The molecule has 0 amide bonds. The number of rotatable bonds is 4. The van der Waals surface area contributed by atoms with Crippen molar-refractivity contribution >= 4 is 24.3 Å². The Bertz CT molecular complexity index is 379. The Balaban J connectivity index is 2.76. The first-order valence-corrected chi connectivity index (χ1v) is 5.39. The van der Waals surface area contributed by atoms with Gasteiger partial charge in [0.25, 0.3) is 0 Å². The summed E-state index contributed by atoms with van der Waals surface area (Å²) in [5, 5.41) is 8.79. The first kappa shape index (κ1) is 12.9. The van der Waals surface area contributed by atoms with Gasteiger partial charge in [-0.3, -0.25) is 10.7 Å². The van der Waals surface area contributed by atoms with Gasteiger partial charge in [-0.15, -0.1) is 12.6 Å². The first-order chi connectivity index (χ1) is 7.54. The molecule has 1 rings (SSSR count). The van der Waals surface area contributed by atoms with Crippen molar-refractivity contribution in [1.82, 2.24) is 0 Å². The Kier molecular flexibility index (Phi) is 4.64. The fourth-order valence-electron chi connectivity index (χ4n) is 1.08. The van der Waals surface area contributed by atoms with Crippen LogP contribution in [0.2, 0.25) is 0 Å². The Morgan fingerprint density at radius 3 is 2.81 bits per heavy atom. The van der Waals surface area contributed by atoms with Crippen LogP contribution in [-0.4, -0.2) is 17.8 Å². The van der Waals surface area contributed by atoms with Gasteiger partial charge in [-0.25, -0.2) is 4.79 Å². The largest absolute Gasteiger partial charge is 0.462 e. The lowest BCUT2D eigenvalue weighted by Crippen LogP contribution is -2.10. The van der Waals surface area contributed by atoms with Crippen LogP contribution >= 0.6 is 12.6 Å². The summed E-state index contributed by atoms with van der Waals surface area (Å²) in [6.07, 6.45) is 0. The molecule has 1 aromatic carbocycles.